The summed E-state index contributed by atoms with van der Waals surface area (Å²) in [6.45, 7) is 7.39. The molecule has 4 nitrogen and oxygen atoms in total. The van der Waals surface area contributed by atoms with Crippen LogP contribution in [0, 0.1) is 5.41 Å². The highest BCUT2D eigenvalue weighted by molar-refractivity contribution is 6.01. The molecule has 1 aliphatic rings. The molecule has 1 aromatic heterocycles. The fourth-order valence-corrected chi connectivity index (χ4v) is 3.00. The molecular formula is C16H26N2O2. The van der Waals surface area contributed by atoms with Crippen molar-refractivity contribution in [2.75, 3.05) is 7.11 Å². The van der Waals surface area contributed by atoms with Crippen molar-refractivity contribution in [3.63, 3.8) is 0 Å². The van der Waals surface area contributed by atoms with E-state index in [1.165, 1.54) is 0 Å². The number of nitrogens with zero attached hydrogens (tertiary/aromatic N) is 2. The van der Waals surface area contributed by atoms with Gasteiger partial charge < -0.3 is 4.74 Å². The van der Waals surface area contributed by atoms with Gasteiger partial charge in [-0.15, -0.1) is 0 Å². The smallest absolute Gasteiger partial charge is 0.212 e. The number of carbonyl (C=O) groups is 1. The average Bonchev–Trinajstić information content (AvgIpc) is 2.87. The number of ketones is 1. The van der Waals surface area contributed by atoms with E-state index in [2.05, 4.69) is 25.9 Å². The highest BCUT2D eigenvalue weighted by Crippen LogP contribution is 2.43. The van der Waals surface area contributed by atoms with E-state index in [0.717, 1.165) is 38.6 Å². The van der Waals surface area contributed by atoms with Gasteiger partial charge in [0.1, 0.15) is 11.3 Å². The molecule has 1 heterocycles. The van der Waals surface area contributed by atoms with Gasteiger partial charge in [0.15, 0.2) is 0 Å². The van der Waals surface area contributed by atoms with Crippen molar-refractivity contribution < 1.29 is 9.53 Å². The van der Waals surface area contributed by atoms with Gasteiger partial charge >= 0.3 is 0 Å². The Labute approximate surface area is 121 Å². The average molecular weight is 278 g/mol. The van der Waals surface area contributed by atoms with Crippen LogP contribution in [-0.2, 0) is 11.3 Å². The van der Waals surface area contributed by atoms with Gasteiger partial charge in [-0.1, -0.05) is 20.8 Å². The summed E-state index contributed by atoms with van der Waals surface area (Å²) in [7, 11) is 1.66. The number of aryl methyl sites for hydroxylation is 1. The summed E-state index contributed by atoms with van der Waals surface area (Å²) >= 11 is 0. The quantitative estimate of drug-likeness (QED) is 0.775. The molecule has 1 aliphatic carbocycles. The minimum absolute atomic E-state index is 0.0986. The standard InChI is InChI=1S/C16H26N2O2/c1-5-12-18-13(6-11-17-18)14(19)16(20-4)9-7-15(2,3)8-10-16/h6,11H,5,7-10,12H2,1-4H3. The first-order chi connectivity index (χ1) is 9.44. The van der Waals surface area contributed by atoms with Gasteiger partial charge in [0, 0.05) is 19.9 Å². The molecule has 0 bridgehead atoms. The summed E-state index contributed by atoms with van der Waals surface area (Å²) in [5.74, 6) is 0.0986. The largest absolute Gasteiger partial charge is 0.370 e. The fourth-order valence-electron chi connectivity index (χ4n) is 3.00. The molecule has 1 saturated carbocycles. The molecule has 0 radical (unpaired) electrons. The Hall–Kier alpha value is -1.16. The molecule has 0 N–H and O–H groups in total. The Bertz CT molecular complexity index is 467. The lowest BCUT2D eigenvalue weighted by Crippen LogP contribution is -2.46. The number of methoxy groups -OCH3 is 1. The number of ether oxygens (including phenoxy) is 1. The first kappa shape index (κ1) is 15.2. The minimum atomic E-state index is -0.652. The lowest BCUT2D eigenvalue weighted by Gasteiger charge is -2.41. The molecule has 0 saturated heterocycles. The van der Waals surface area contributed by atoms with Gasteiger partial charge in [-0.25, -0.2) is 0 Å². The number of aromatic nitrogens is 2. The van der Waals surface area contributed by atoms with Crippen molar-refractivity contribution in [3.05, 3.63) is 18.0 Å². The highest BCUT2D eigenvalue weighted by Gasteiger charge is 2.45. The number of carbonyl (C=O) groups excluding carboxylic acids is 1. The number of rotatable bonds is 5. The van der Waals surface area contributed by atoms with Crippen LogP contribution in [0.15, 0.2) is 12.3 Å². The Morgan fingerprint density at radius 1 is 1.35 bits per heavy atom. The molecule has 1 aromatic rings. The monoisotopic (exact) mass is 278 g/mol. The first-order valence-electron chi connectivity index (χ1n) is 7.56. The van der Waals surface area contributed by atoms with Gasteiger partial charge in [-0.2, -0.15) is 5.10 Å². The number of Topliss-reactive ketones (excluding diaryl/α,β-unsaturated/α-hetero) is 1. The lowest BCUT2D eigenvalue weighted by atomic mass is 9.69. The molecule has 0 unspecified atom stereocenters. The third-order valence-electron chi connectivity index (χ3n) is 4.60. The zero-order chi connectivity index (χ0) is 14.8. The normalized spacial score (nSPS) is 20.8. The maximum Gasteiger partial charge on any atom is 0.212 e. The van der Waals surface area contributed by atoms with Crippen LogP contribution in [0.1, 0.15) is 63.4 Å². The van der Waals surface area contributed by atoms with Crippen LogP contribution in [0.5, 0.6) is 0 Å². The van der Waals surface area contributed by atoms with E-state index < -0.39 is 5.60 Å². The zero-order valence-corrected chi connectivity index (χ0v) is 13.1. The number of hydrogen-bond acceptors (Lipinski definition) is 3. The second-order valence-corrected chi connectivity index (χ2v) is 6.63. The van der Waals surface area contributed by atoms with E-state index in [4.69, 9.17) is 4.74 Å². The van der Waals surface area contributed by atoms with Gasteiger partial charge in [-0.05, 0) is 43.6 Å². The minimum Gasteiger partial charge on any atom is -0.370 e. The molecule has 2 rings (SSSR count). The molecule has 0 amide bonds. The molecule has 1 fully saturated rings. The van der Waals surface area contributed by atoms with E-state index in [1.807, 2.05) is 10.7 Å². The van der Waals surface area contributed by atoms with E-state index in [9.17, 15) is 4.79 Å². The number of hydrogen-bond donors (Lipinski definition) is 0. The Morgan fingerprint density at radius 3 is 2.55 bits per heavy atom. The van der Waals surface area contributed by atoms with E-state index in [0.29, 0.717) is 11.1 Å². The zero-order valence-electron chi connectivity index (χ0n) is 13.1. The third kappa shape index (κ3) is 2.80. The molecule has 0 spiro atoms. The van der Waals surface area contributed by atoms with Crippen molar-refractivity contribution in [2.45, 2.75) is 65.0 Å². The molecule has 0 aromatic carbocycles. The van der Waals surface area contributed by atoms with Crippen LogP contribution in [0.3, 0.4) is 0 Å². The summed E-state index contributed by atoms with van der Waals surface area (Å²) in [5.41, 5.74) is 0.348. The van der Waals surface area contributed by atoms with Crippen molar-refractivity contribution in [3.8, 4) is 0 Å². The second-order valence-electron chi connectivity index (χ2n) is 6.63. The van der Waals surface area contributed by atoms with Crippen molar-refractivity contribution in [1.29, 1.82) is 0 Å². The van der Waals surface area contributed by atoms with Crippen LogP contribution in [0.25, 0.3) is 0 Å². The highest BCUT2D eigenvalue weighted by atomic mass is 16.5. The summed E-state index contributed by atoms with van der Waals surface area (Å²) in [6.07, 6.45) is 6.32. The predicted molar refractivity (Wildman–Crippen MR) is 78.8 cm³/mol. The molecular weight excluding hydrogens is 252 g/mol. The maximum absolute atomic E-state index is 12.9. The molecule has 112 valence electrons. The third-order valence-corrected chi connectivity index (χ3v) is 4.60. The van der Waals surface area contributed by atoms with Crippen LogP contribution in [-0.4, -0.2) is 28.3 Å². The van der Waals surface area contributed by atoms with Gasteiger partial charge in [0.25, 0.3) is 0 Å². The second kappa shape index (κ2) is 5.68. The van der Waals surface area contributed by atoms with Crippen molar-refractivity contribution in [2.24, 2.45) is 5.41 Å². The maximum atomic E-state index is 12.9. The summed E-state index contributed by atoms with van der Waals surface area (Å²) in [6, 6.07) is 1.82. The van der Waals surface area contributed by atoms with Crippen LogP contribution < -0.4 is 0 Å². The van der Waals surface area contributed by atoms with Gasteiger partial charge in [0.05, 0.1) is 0 Å². The van der Waals surface area contributed by atoms with E-state index in [-0.39, 0.29) is 5.78 Å². The Morgan fingerprint density at radius 2 is 2.00 bits per heavy atom. The molecule has 20 heavy (non-hydrogen) atoms. The Kier molecular flexibility index (Phi) is 4.33. The fraction of sp³-hybridized carbons (Fsp3) is 0.750. The topological polar surface area (TPSA) is 44.1 Å². The summed E-state index contributed by atoms with van der Waals surface area (Å²) < 4.78 is 7.51. The molecule has 0 aliphatic heterocycles. The lowest BCUT2D eigenvalue weighted by molar-refractivity contribution is -0.0389. The van der Waals surface area contributed by atoms with Crippen LogP contribution >= 0.6 is 0 Å². The molecule has 0 atom stereocenters. The van der Waals surface area contributed by atoms with Gasteiger partial charge in [0.2, 0.25) is 5.78 Å². The first-order valence-corrected chi connectivity index (χ1v) is 7.56. The molecule has 4 heteroatoms. The Balaban J connectivity index is 2.23. The predicted octanol–water partition coefficient (Wildman–Crippen LogP) is 3.46. The van der Waals surface area contributed by atoms with Crippen molar-refractivity contribution in [1.82, 2.24) is 9.78 Å². The summed E-state index contributed by atoms with van der Waals surface area (Å²) in [4.78, 5) is 12.9. The van der Waals surface area contributed by atoms with E-state index in [1.54, 1.807) is 13.3 Å². The summed E-state index contributed by atoms with van der Waals surface area (Å²) in [5, 5.41) is 4.26. The SMILES string of the molecule is CCCn1nccc1C(=O)C1(OC)CCC(C)(C)CC1. The van der Waals surface area contributed by atoms with Gasteiger partial charge in [-0.3, -0.25) is 9.48 Å². The van der Waals surface area contributed by atoms with Crippen LogP contribution in [0.4, 0.5) is 0 Å². The van der Waals surface area contributed by atoms with Crippen LogP contribution in [0.2, 0.25) is 0 Å². The van der Waals surface area contributed by atoms with Crippen molar-refractivity contribution >= 4 is 5.78 Å². The van der Waals surface area contributed by atoms with E-state index >= 15 is 0 Å².